The van der Waals surface area contributed by atoms with Crippen molar-refractivity contribution in [3.8, 4) is 11.5 Å². The highest BCUT2D eigenvalue weighted by molar-refractivity contribution is 5.84. The average Bonchev–Trinajstić information content (AvgIpc) is 3.41. The van der Waals surface area contributed by atoms with Crippen LogP contribution in [0.5, 0.6) is 11.5 Å². The van der Waals surface area contributed by atoms with E-state index in [0.29, 0.717) is 32.7 Å². The van der Waals surface area contributed by atoms with Crippen molar-refractivity contribution in [2.24, 2.45) is 11.8 Å². The first kappa shape index (κ1) is 15.3. The van der Waals surface area contributed by atoms with E-state index in [9.17, 15) is 14.7 Å². The number of likely N-dealkylation sites (tertiary alicyclic amines) is 1. The Morgan fingerprint density at radius 3 is 2.75 bits per heavy atom. The molecule has 1 aromatic rings. The van der Waals surface area contributed by atoms with Crippen molar-refractivity contribution < 1.29 is 24.2 Å². The lowest BCUT2D eigenvalue weighted by molar-refractivity contribution is -0.146. The maximum Gasteiger partial charge on any atom is 0.308 e. The van der Waals surface area contributed by atoms with Crippen LogP contribution in [0.3, 0.4) is 0 Å². The summed E-state index contributed by atoms with van der Waals surface area (Å²) in [7, 11) is 0. The van der Waals surface area contributed by atoms with Gasteiger partial charge in [0.15, 0.2) is 11.5 Å². The number of hydrogen-bond donors (Lipinski definition) is 1. The lowest BCUT2D eigenvalue weighted by atomic mass is 9.97. The number of amides is 1. The molecule has 6 nitrogen and oxygen atoms in total. The molecule has 3 aliphatic rings. The highest BCUT2D eigenvalue weighted by Gasteiger charge is 2.47. The third kappa shape index (κ3) is 2.81. The number of benzene rings is 1. The zero-order chi connectivity index (χ0) is 16.7. The Labute approximate surface area is 140 Å². The predicted octanol–water partition coefficient (Wildman–Crippen LogP) is 1.88. The van der Waals surface area contributed by atoms with Gasteiger partial charge in [-0.15, -0.1) is 0 Å². The Morgan fingerprint density at radius 1 is 1.17 bits per heavy atom. The Balaban J connectivity index is 1.42. The number of carboxylic acids is 1. The molecule has 3 atom stereocenters. The molecular weight excluding hydrogens is 310 g/mol. The number of hydrogen-bond acceptors (Lipinski definition) is 4. The molecule has 0 bridgehead atoms. The minimum atomic E-state index is -0.799. The molecule has 1 aromatic carbocycles. The van der Waals surface area contributed by atoms with Gasteiger partial charge in [-0.2, -0.15) is 0 Å². The fourth-order valence-electron chi connectivity index (χ4n) is 3.74. The number of rotatable bonds is 3. The van der Waals surface area contributed by atoms with Crippen molar-refractivity contribution in [3.05, 3.63) is 23.8 Å². The molecule has 1 amide bonds. The minimum Gasteiger partial charge on any atom is -0.486 e. The van der Waals surface area contributed by atoms with Gasteiger partial charge in [0.2, 0.25) is 5.91 Å². The molecule has 1 saturated heterocycles. The molecule has 2 fully saturated rings. The maximum atomic E-state index is 12.7. The Morgan fingerprint density at radius 2 is 1.96 bits per heavy atom. The molecule has 1 aliphatic carbocycles. The Kier molecular flexibility index (Phi) is 3.82. The molecule has 1 N–H and O–H groups in total. The zero-order valence-electron chi connectivity index (χ0n) is 13.4. The number of fused-ring (bicyclic) bond motifs is 1. The van der Waals surface area contributed by atoms with Gasteiger partial charge >= 0.3 is 5.97 Å². The van der Waals surface area contributed by atoms with Crippen LogP contribution < -0.4 is 9.47 Å². The van der Waals surface area contributed by atoms with Crippen LogP contribution in [-0.2, 0) is 9.59 Å². The normalized spacial score (nSPS) is 28.3. The largest absolute Gasteiger partial charge is 0.486 e. The van der Waals surface area contributed by atoms with Crippen molar-refractivity contribution in [1.82, 2.24) is 4.90 Å². The lowest BCUT2D eigenvalue weighted by Gasteiger charge is -2.31. The second-order valence-corrected chi connectivity index (χ2v) is 6.81. The van der Waals surface area contributed by atoms with E-state index >= 15 is 0 Å². The second-order valence-electron chi connectivity index (χ2n) is 6.81. The van der Waals surface area contributed by atoms with Gasteiger partial charge in [-0.3, -0.25) is 9.59 Å². The SMILES string of the molecule is O=C(O)C1CCCN(C(=O)C2CC2c2ccc3c(c2)OCCO3)C1. The van der Waals surface area contributed by atoms with E-state index in [4.69, 9.17) is 9.47 Å². The van der Waals surface area contributed by atoms with Gasteiger partial charge in [0.25, 0.3) is 0 Å². The molecule has 1 saturated carbocycles. The summed E-state index contributed by atoms with van der Waals surface area (Å²) in [5, 5.41) is 9.17. The van der Waals surface area contributed by atoms with E-state index < -0.39 is 11.9 Å². The predicted molar refractivity (Wildman–Crippen MR) is 85.2 cm³/mol. The number of nitrogens with zero attached hydrogens (tertiary/aromatic N) is 1. The minimum absolute atomic E-state index is 0.0277. The molecule has 128 valence electrons. The van der Waals surface area contributed by atoms with Crippen LogP contribution in [-0.4, -0.2) is 48.2 Å². The van der Waals surface area contributed by atoms with Crippen molar-refractivity contribution in [3.63, 3.8) is 0 Å². The van der Waals surface area contributed by atoms with Crippen LogP contribution in [0.1, 0.15) is 30.7 Å². The standard InChI is InChI=1S/C18H21NO5/c20-17(19-5-1-2-12(10-19)18(21)22)14-9-13(14)11-3-4-15-16(8-11)24-7-6-23-15/h3-4,8,12-14H,1-2,5-7,9-10H2,(H,21,22). The summed E-state index contributed by atoms with van der Waals surface area (Å²) >= 11 is 0. The number of aliphatic carboxylic acids is 1. The topological polar surface area (TPSA) is 76.1 Å². The van der Waals surface area contributed by atoms with Crippen LogP contribution in [0.4, 0.5) is 0 Å². The van der Waals surface area contributed by atoms with Gasteiger partial charge < -0.3 is 19.5 Å². The highest BCUT2D eigenvalue weighted by atomic mass is 16.6. The van der Waals surface area contributed by atoms with Crippen LogP contribution in [0.15, 0.2) is 18.2 Å². The van der Waals surface area contributed by atoms with E-state index in [0.717, 1.165) is 29.9 Å². The summed E-state index contributed by atoms with van der Waals surface area (Å²) in [6.45, 7) is 2.13. The number of piperidine rings is 1. The molecule has 4 rings (SSSR count). The number of carbonyl (C=O) groups excluding carboxylic acids is 1. The van der Waals surface area contributed by atoms with Crippen LogP contribution in [0, 0.1) is 11.8 Å². The van der Waals surface area contributed by atoms with Crippen molar-refractivity contribution >= 4 is 11.9 Å². The molecule has 2 aliphatic heterocycles. The quantitative estimate of drug-likeness (QED) is 0.915. The smallest absolute Gasteiger partial charge is 0.308 e. The molecule has 3 unspecified atom stereocenters. The zero-order valence-corrected chi connectivity index (χ0v) is 13.4. The van der Waals surface area contributed by atoms with Crippen LogP contribution in [0.25, 0.3) is 0 Å². The molecule has 0 spiro atoms. The van der Waals surface area contributed by atoms with E-state index in [1.54, 1.807) is 4.90 Å². The summed E-state index contributed by atoms with van der Waals surface area (Å²) in [5.41, 5.74) is 1.10. The second kappa shape index (κ2) is 6.00. The van der Waals surface area contributed by atoms with Gasteiger partial charge in [-0.1, -0.05) is 6.07 Å². The van der Waals surface area contributed by atoms with Gasteiger partial charge in [-0.25, -0.2) is 0 Å². The Bertz CT molecular complexity index is 673. The fourth-order valence-corrected chi connectivity index (χ4v) is 3.74. The summed E-state index contributed by atoms with van der Waals surface area (Å²) in [5.74, 6) is 0.565. The summed E-state index contributed by atoms with van der Waals surface area (Å²) < 4.78 is 11.1. The summed E-state index contributed by atoms with van der Waals surface area (Å²) in [4.78, 5) is 25.6. The van der Waals surface area contributed by atoms with Gasteiger partial charge in [0.1, 0.15) is 13.2 Å². The van der Waals surface area contributed by atoms with Gasteiger partial charge in [-0.05, 0) is 42.9 Å². The first-order chi connectivity index (χ1) is 11.6. The maximum absolute atomic E-state index is 12.7. The van der Waals surface area contributed by atoms with E-state index in [1.165, 1.54) is 0 Å². The van der Waals surface area contributed by atoms with Gasteiger partial charge in [0, 0.05) is 19.0 Å². The van der Waals surface area contributed by atoms with E-state index in [-0.39, 0.29) is 17.7 Å². The molecule has 2 heterocycles. The van der Waals surface area contributed by atoms with Crippen molar-refractivity contribution in [1.29, 1.82) is 0 Å². The third-order valence-corrected chi connectivity index (χ3v) is 5.18. The number of carbonyl (C=O) groups is 2. The highest BCUT2D eigenvalue weighted by Crippen LogP contribution is 2.50. The lowest BCUT2D eigenvalue weighted by Crippen LogP contribution is -2.43. The molecule has 0 aromatic heterocycles. The molecular formula is C18H21NO5. The average molecular weight is 331 g/mol. The molecule has 24 heavy (non-hydrogen) atoms. The van der Waals surface area contributed by atoms with Crippen molar-refractivity contribution in [2.45, 2.75) is 25.2 Å². The molecule has 6 heteroatoms. The first-order valence-corrected chi connectivity index (χ1v) is 8.54. The van der Waals surface area contributed by atoms with Gasteiger partial charge in [0.05, 0.1) is 5.92 Å². The van der Waals surface area contributed by atoms with Crippen LogP contribution >= 0.6 is 0 Å². The van der Waals surface area contributed by atoms with Crippen LogP contribution in [0.2, 0.25) is 0 Å². The third-order valence-electron chi connectivity index (χ3n) is 5.18. The number of carboxylic acid groups (broad SMARTS) is 1. The monoisotopic (exact) mass is 331 g/mol. The summed E-state index contributed by atoms with van der Waals surface area (Å²) in [6.07, 6.45) is 2.26. The Hall–Kier alpha value is -2.24. The van der Waals surface area contributed by atoms with E-state index in [2.05, 4.69) is 0 Å². The fraction of sp³-hybridized carbons (Fsp3) is 0.556. The summed E-state index contributed by atoms with van der Waals surface area (Å²) in [6, 6.07) is 5.88. The van der Waals surface area contributed by atoms with Crippen molar-refractivity contribution in [2.75, 3.05) is 26.3 Å². The molecule has 0 radical (unpaired) electrons. The van der Waals surface area contributed by atoms with E-state index in [1.807, 2.05) is 18.2 Å². The number of ether oxygens (including phenoxy) is 2. The first-order valence-electron chi connectivity index (χ1n) is 8.54.